The maximum absolute atomic E-state index is 10.7. The number of nitrogens with zero attached hydrogens (tertiary/aromatic N) is 3. The summed E-state index contributed by atoms with van der Waals surface area (Å²) < 4.78 is 0. The summed E-state index contributed by atoms with van der Waals surface area (Å²) in [6.07, 6.45) is 0.650. The summed E-state index contributed by atoms with van der Waals surface area (Å²) in [6.45, 7) is 0. The van der Waals surface area contributed by atoms with Crippen LogP contribution in [0.15, 0.2) is 66.7 Å². The van der Waals surface area contributed by atoms with Gasteiger partial charge in [0.1, 0.15) is 11.2 Å². The molecule has 0 spiro atoms. The van der Waals surface area contributed by atoms with Crippen LogP contribution in [0.2, 0.25) is 0 Å². The molecule has 3 N–H and O–H groups in total. The molecule has 1 amide bonds. The fourth-order valence-electron chi connectivity index (χ4n) is 2.83. The fourth-order valence-corrected chi connectivity index (χ4v) is 2.83. The summed E-state index contributed by atoms with van der Waals surface area (Å²) in [5, 5.41) is 2.65. The van der Waals surface area contributed by atoms with Gasteiger partial charge < -0.3 is 11.1 Å². The Labute approximate surface area is 149 Å². The number of amides is 1. The van der Waals surface area contributed by atoms with Gasteiger partial charge in [0.05, 0.1) is 11.2 Å². The Bertz CT molecular complexity index is 1100. The Morgan fingerprint density at radius 1 is 0.846 bits per heavy atom. The molecule has 0 saturated heterocycles. The Balaban J connectivity index is 1.90. The summed E-state index contributed by atoms with van der Waals surface area (Å²) in [5.41, 5.74) is 11.2. The van der Waals surface area contributed by atoms with Crippen LogP contribution in [0, 0.1) is 0 Å². The second kappa shape index (κ2) is 6.60. The first kappa shape index (κ1) is 15.7. The molecule has 0 unspecified atom stereocenters. The summed E-state index contributed by atoms with van der Waals surface area (Å²) in [6, 6.07) is 21.0. The highest BCUT2D eigenvalue weighted by Gasteiger charge is 2.11. The number of nitrogen functional groups attached to an aromatic ring is 1. The van der Waals surface area contributed by atoms with Crippen LogP contribution in [0.5, 0.6) is 0 Å². The number of pyridine rings is 1. The maximum Gasteiger partial charge on any atom is 0.221 e. The van der Waals surface area contributed by atoms with Crippen molar-refractivity contribution in [1.29, 1.82) is 0 Å². The predicted octanol–water partition coefficient (Wildman–Crippen LogP) is 3.51. The first-order valence-electron chi connectivity index (χ1n) is 8.05. The molecule has 2 aromatic carbocycles. The molecule has 0 bridgehead atoms. The van der Waals surface area contributed by atoms with Crippen LogP contribution >= 0.6 is 0 Å². The molecule has 0 radical (unpaired) electrons. The number of benzene rings is 2. The minimum Gasteiger partial charge on any atom is -0.368 e. The van der Waals surface area contributed by atoms with Crippen LogP contribution in [0.1, 0.15) is 0 Å². The zero-order valence-corrected chi connectivity index (χ0v) is 13.8. The second-order valence-corrected chi connectivity index (χ2v) is 5.70. The molecule has 0 aliphatic heterocycles. The fraction of sp³-hybridized carbons (Fsp3) is 0. The van der Waals surface area contributed by atoms with Gasteiger partial charge in [0.15, 0.2) is 0 Å². The first-order chi connectivity index (χ1) is 12.7. The maximum atomic E-state index is 10.7. The molecule has 0 aliphatic carbocycles. The van der Waals surface area contributed by atoms with Gasteiger partial charge >= 0.3 is 0 Å². The first-order valence-corrected chi connectivity index (χ1v) is 8.05. The largest absolute Gasteiger partial charge is 0.368 e. The van der Waals surface area contributed by atoms with E-state index in [1.54, 1.807) is 0 Å². The summed E-state index contributed by atoms with van der Waals surface area (Å²) in [4.78, 5) is 24.1. The van der Waals surface area contributed by atoms with Crippen LogP contribution in [0.3, 0.4) is 0 Å². The molecule has 2 heterocycles. The van der Waals surface area contributed by atoms with Gasteiger partial charge in [-0.15, -0.1) is 0 Å². The van der Waals surface area contributed by atoms with Gasteiger partial charge in [0.25, 0.3) is 0 Å². The van der Waals surface area contributed by atoms with E-state index in [9.17, 15) is 4.79 Å². The van der Waals surface area contributed by atoms with Gasteiger partial charge in [-0.2, -0.15) is 0 Å². The molecule has 0 atom stereocenters. The molecule has 26 heavy (non-hydrogen) atoms. The number of nitrogens with one attached hydrogen (secondary N) is 1. The van der Waals surface area contributed by atoms with Gasteiger partial charge in [0.2, 0.25) is 12.4 Å². The van der Waals surface area contributed by atoms with E-state index >= 15 is 0 Å². The van der Waals surface area contributed by atoms with E-state index < -0.39 is 0 Å². The van der Waals surface area contributed by atoms with E-state index in [1.165, 1.54) is 0 Å². The van der Waals surface area contributed by atoms with Crippen molar-refractivity contribution in [3.63, 3.8) is 0 Å². The Morgan fingerprint density at radius 2 is 1.65 bits per heavy atom. The van der Waals surface area contributed by atoms with E-state index in [1.807, 2.05) is 66.7 Å². The summed E-state index contributed by atoms with van der Waals surface area (Å²) >= 11 is 0. The van der Waals surface area contributed by atoms with Crippen molar-refractivity contribution in [2.45, 2.75) is 0 Å². The molecule has 2 aromatic heterocycles. The number of hydrogen-bond acceptors (Lipinski definition) is 5. The quantitative estimate of drug-likeness (QED) is 0.554. The number of fused-ring (bicyclic) bond motifs is 1. The standard InChI is InChI=1S/C20H15N5O/c21-20-24-17-10-9-16(14-7-4-8-15(11-14)22-12-26)23-19(17)18(25-20)13-5-2-1-3-6-13/h1-12H,(H,22,26)(H2,21,24,25). The third-order valence-electron chi connectivity index (χ3n) is 3.99. The van der Waals surface area contributed by atoms with Crippen molar-refractivity contribution >= 4 is 29.1 Å². The Kier molecular flexibility index (Phi) is 3.99. The predicted molar refractivity (Wildman–Crippen MR) is 102 cm³/mol. The lowest BCUT2D eigenvalue weighted by molar-refractivity contribution is -0.105. The highest BCUT2D eigenvalue weighted by atomic mass is 16.1. The molecule has 6 nitrogen and oxygen atoms in total. The van der Waals surface area contributed by atoms with Crippen molar-refractivity contribution < 1.29 is 4.79 Å². The molecule has 0 aliphatic rings. The van der Waals surface area contributed by atoms with E-state index in [4.69, 9.17) is 10.7 Å². The molecule has 126 valence electrons. The normalized spacial score (nSPS) is 10.6. The smallest absolute Gasteiger partial charge is 0.221 e. The monoisotopic (exact) mass is 341 g/mol. The van der Waals surface area contributed by atoms with E-state index in [2.05, 4.69) is 15.3 Å². The molecule has 0 saturated carbocycles. The van der Waals surface area contributed by atoms with Gasteiger partial charge in [-0.1, -0.05) is 42.5 Å². The van der Waals surface area contributed by atoms with Crippen LogP contribution in [0.25, 0.3) is 33.5 Å². The van der Waals surface area contributed by atoms with Crippen LogP contribution in [-0.4, -0.2) is 21.4 Å². The van der Waals surface area contributed by atoms with Gasteiger partial charge in [-0.3, -0.25) is 4.79 Å². The van der Waals surface area contributed by atoms with Crippen molar-refractivity contribution in [2.24, 2.45) is 0 Å². The number of carbonyl (C=O) groups is 1. The number of aromatic nitrogens is 3. The van der Waals surface area contributed by atoms with Crippen molar-refractivity contribution in [3.05, 3.63) is 66.7 Å². The molecular formula is C20H15N5O. The average Bonchev–Trinajstić information content (AvgIpc) is 2.68. The number of hydrogen-bond donors (Lipinski definition) is 2. The zero-order chi connectivity index (χ0) is 17.9. The second-order valence-electron chi connectivity index (χ2n) is 5.70. The number of nitrogens with two attached hydrogens (primary N) is 1. The van der Waals surface area contributed by atoms with Crippen molar-refractivity contribution in [3.8, 4) is 22.5 Å². The molecule has 0 fully saturated rings. The van der Waals surface area contributed by atoms with Crippen LogP contribution in [0.4, 0.5) is 11.6 Å². The number of carbonyl (C=O) groups excluding carboxylic acids is 1. The molecule has 6 heteroatoms. The lowest BCUT2D eigenvalue weighted by Crippen LogP contribution is -2.00. The van der Waals surface area contributed by atoms with Gasteiger partial charge in [0, 0.05) is 16.8 Å². The minimum absolute atomic E-state index is 0.211. The topological polar surface area (TPSA) is 93.8 Å². The summed E-state index contributed by atoms with van der Waals surface area (Å²) in [7, 11) is 0. The van der Waals surface area contributed by atoms with E-state index in [0.29, 0.717) is 28.8 Å². The number of rotatable bonds is 4. The third kappa shape index (κ3) is 2.95. The molecule has 4 rings (SSSR count). The lowest BCUT2D eigenvalue weighted by Gasteiger charge is -2.09. The Morgan fingerprint density at radius 3 is 2.46 bits per heavy atom. The molecular weight excluding hydrogens is 326 g/mol. The van der Waals surface area contributed by atoms with Crippen molar-refractivity contribution in [1.82, 2.24) is 15.0 Å². The molecule has 4 aromatic rings. The Hall–Kier alpha value is -3.80. The lowest BCUT2D eigenvalue weighted by atomic mass is 10.1. The van der Waals surface area contributed by atoms with Gasteiger partial charge in [-0.25, -0.2) is 15.0 Å². The zero-order valence-electron chi connectivity index (χ0n) is 13.8. The highest BCUT2D eigenvalue weighted by molar-refractivity contribution is 5.91. The van der Waals surface area contributed by atoms with Crippen LogP contribution < -0.4 is 11.1 Å². The highest BCUT2D eigenvalue weighted by Crippen LogP contribution is 2.28. The SMILES string of the molecule is Nc1nc(-c2ccccc2)c2nc(-c3cccc(NC=O)c3)ccc2n1. The van der Waals surface area contributed by atoms with Gasteiger partial charge in [-0.05, 0) is 24.3 Å². The third-order valence-corrected chi connectivity index (χ3v) is 3.99. The minimum atomic E-state index is 0.211. The van der Waals surface area contributed by atoms with E-state index in [0.717, 1.165) is 16.8 Å². The summed E-state index contributed by atoms with van der Waals surface area (Å²) in [5.74, 6) is 0.211. The number of anilines is 2. The van der Waals surface area contributed by atoms with E-state index in [-0.39, 0.29) is 5.95 Å². The van der Waals surface area contributed by atoms with Crippen LogP contribution in [-0.2, 0) is 4.79 Å². The van der Waals surface area contributed by atoms with Crippen molar-refractivity contribution in [2.75, 3.05) is 11.1 Å². The average molecular weight is 341 g/mol.